The SMILES string of the molecule is CCc1ccc(NC(C)=O)c(Sc2ccc(C)cc2)c1. The number of nitrogens with one attached hydrogen (secondary N) is 1. The molecule has 0 aromatic heterocycles. The number of carbonyl (C=O) groups excluding carboxylic acids is 1. The van der Waals surface area contributed by atoms with Gasteiger partial charge in [-0.3, -0.25) is 4.79 Å². The smallest absolute Gasteiger partial charge is 0.221 e. The largest absolute Gasteiger partial charge is 0.325 e. The van der Waals surface area contributed by atoms with Crippen LogP contribution in [-0.4, -0.2) is 5.91 Å². The number of hydrogen-bond donors (Lipinski definition) is 1. The number of hydrogen-bond acceptors (Lipinski definition) is 2. The third kappa shape index (κ3) is 3.87. The Hall–Kier alpha value is -1.74. The van der Waals surface area contributed by atoms with Crippen LogP contribution in [0, 0.1) is 6.92 Å². The Labute approximate surface area is 124 Å². The zero-order valence-electron chi connectivity index (χ0n) is 12.1. The van der Waals surface area contributed by atoms with Crippen molar-refractivity contribution in [3.8, 4) is 0 Å². The minimum atomic E-state index is -0.0417. The van der Waals surface area contributed by atoms with E-state index in [4.69, 9.17) is 0 Å². The molecule has 2 aromatic rings. The van der Waals surface area contributed by atoms with E-state index in [0.717, 1.165) is 17.0 Å². The Morgan fingerprint density at radius 3 is 2.45 bits per heavy atom. The molecule has 0 aliphatic rings. The van der Waals surface area contributed by atoms with Crippen molar-refractivity contribution in [2.45, 2.75) is 37.0 Å². The fraction of sp³-hybridized carbons (Fsp3) is 0.235. The van der Waals surface area contributed by atoms with E-state index in [-0.39, 0.29) is 5.91 Å². The zero-order chi connectivity index (χ0) is 14.5. The molecule has 3 heteroatoms. The summed E-state index contributed by atoms with van der Waals surface area (Å²) in [5.74, 6) is -0.0417. The average Bonchev–Trinajstić information content (AvgIpc) is 2.42. The summed E-state index contributed by atoms with van der Waals surface area (Å²) in [6.45, 7) is 5.75. The Morgan fingerprint density at radius 1 is 1.15 bits per heavy atom. The number of carbonyl (C=O) groups is 1. The van der Waals surface area contributed by atoms with E-state index in [1.165, 1.54) is 22.9 Å². The van der Waals surface area contributed by atoms with Crippen LogP contribution in [0.5, 0.6) is 0 Å². The third-order valence-corrected chi connectivity index (χ3v) is 4.08. The van der Waals surface area contributed by atoms with E-state index in [1.807, 2.05) is 6.07 Å². The van der Waals surface area contributed by atoms with Crippen LogP contribution in [0.15, 0.2) is 52.3 Å². The maximum atomic E-state index is 11.3. The van der Waals surface area contributed by atoms with Crippen LogP contribution >= 0.6 is 11.8 Å². The molecule has 2 aromatic carbocycles. The maximum Gasteiger partial charge on any atom is 0.221 e. The van der Waals surface area contributed by atoms with Crippen molar-refractivity contribution in [3.63, 3.8) is 0 Å². The van der Waals surface area contributed by atoms with Gasteiger partial charge in [0, 0.05) is 16.7 Å². The van der Waals surface area contributed by atoms with Crippen LogP contribution < -0.4 is 5.32 Å². The first-order valence-corrected chi connectivity index (χ1v) is 7.55. The summed E-state index contributed by atoms with van der Waals surface area (Å²) in [5.41, 5.74) is 3.40. The van der Waals surface area contributed by atoms with E-state index >= 15 is 0 Å². The van der Waals surface area contributed by atoms with E-state index < -0.39 is 0 Å². The number of aryl methyl sites for hydroxylation is 2. The van der Waals surface area contributed by atoms with Gasteiger partial charge in [-0.15, -0.1) is 0 Å². The number of benzene rings is 2. The number of amides is 1. The Bertz CT molecular complexity index is 605. The summed E-state index contributed by atoms with van der Waals surface area (Å²) in [6.07, 6.45) is 0.988. The highest BCUT2D eigenvalue weighted by Crippen LogP contribution is 2.34. The van der Waals surface area contributed by atoms with E-state index in [1.54, 1.807) is 11.8 Å². The topological polar surface area (TPSA) is 29.1 Å². The predicted octanol–water partition coefficient (Wildman–Crippen LogP) is 4.67. The second kappa shape index (κ2) is 6.62. The van der Waals surface area contributed by atoms with Crippen molar-refractivity contribution in [1.82, 2.24) is 0 Å². The van der Waals surface area contributed by atoms with Crippen LogP contribution in [0.2, 0.25) is 0 Å². The predicted molar refractivity (Wildman–Crippen MR) is 85.4 cm³/mol. The van der Waals surface area contributed by atoms with E-state index in [9.17, 15) is 4.79 Å². The molecule has 0 aliphatic carbocycles. The quantitative estimate of drug-likeness (QED) is 0.884. The summed E-state index contributed by atoms with van der Waals surface area (Å²) < 4.78 is 0. The molecule has 0 saturated carbocycles. The molecule has 0 bridgehead atoms. The molecule has 2 rings (SSSR count). The normalized spacial score (nSPS) is 10.3. The lowest BCUT2D eigenvalue weighted by Crippen LogP contribution is -2.06. The highest BCUT2D eigenvalue weighted by molar-refractivity contribution is 7.99. The zero-order valence-corrected chi connectivity index (χ0v) is 12.9. The first-order valence-electron chi connectivity index (χ1n) is 6.73. The molecular formula is C17H19NOS. The third-order valence-electron chi connectivity index (χ3n) is 3.01. The van der Waals surface area contributed by atoms with Crippen molar-refractivity contribution < 1.29 is 4.79 Å². The van der Waals surface area contributed by atoms with Gasteiger partial charge >= 0.3 is 0 Å². The lowest BCUT2D eigenvalue weighted by atomic mass is 10.1. The second-order valence-corrected chi connectivity index (χ2v) is 5.90. The molecule has 0 radical (unpaired) electrons. The lowest BCUT2D eigenvalue weighted by Gasteiger charge is -2.11. The first kappa shape index (κ1) is 14.7. The molecule has 0 aliphatic heterocycles. The van der Waals surface area contributed by atoms with Gasteiger partial charge in [0.25, 0.3) is 0 Å². The van der Waals surface area contributed by atoms with Crippen molar-refractivity contribution in [1.29, 1.82) is 0 Å². The first-order chi connectivity index (χ1) is 9.58. The van der Waals surface area contributed by atoms with Crippen molar-refractivity contribution >= 4 is 23.4 Å². The van der Waals surface area contributed by atoms with Gasteiger partial charge in [0.15, 0.2) is 0 Å². The Morgan fingerprint density at radius 2 is 1.85 bits per heavy atom. The van der Waals surface area contributed by atoms with Crippen molar-refractivity contribution in [2.24, 2.45) is 0 Å². The molecule has 0 unspecified atom stereocenters. The second-order valence-electron chi connectivity index (χ2n) is 4.78. The minimum absolute atomic E-state index is 0.0417. The molecule has 0 saturated heterocycles. The molecule has 104 valence electrons. The molecule has 2 nitrogen and oxygen atoms in total. The van der Waals surface area contributed by atoms with Gasteiger partial charge in [0.2, 0.25) is 5.91 Å². The van der Waals surface area contributed by atoms with E-state index in [0.29, 0.717) is 0 Å². The summed E-state index contributed by atoms with van der Waals surface area (Å²) in [6, 6.07) is 14.6. The highest BCUT2D eigenvalue weighted by Gasteiger charge is 2.07. The van der Waals surface area contributed by atoms with Gasteiger partial charge in [-0.25, -0.2) is 0 Å². The summed E-state index contributed by atoms with van der Waals surface area (Å²) >= 11 is 1.68. The van der Waals surface area contributed by atoms with Crippen molar-refractivity contribution in [2.75, 3.05) is 5.32 Å². The van der Waals surface area contributed by atoms with Gasteiger partial charge in [-0.05, 0) is 43.2 Å². The molecule has 0 atom stereocenters. The summed E-state index contributed by atoms with van der Waals surface area (Å²) in [4.78, 5) is 13.6. The maximum absolute atomic E-state index is 11.3. The van der Waals surface area contributed by atoms with Crippen LogP contribution in [-0.2, 0) is 11.2 Å². The van der Waals surface area contributed by atoms with Crippen LogP contribution in [0.1, 0.15) is 25.0 Å². The molecule has 1 N–H and O–H groups in total. The Balaban J connectivity index is 2.31. The molecule has 0 spiro atoms. The molecule has 1 amide bonds. The highest BCUT2D eigenvalue weighted by atomic mass is 32.2. The van der Waals surface area contributed by atoms with Crippen LogP contribution in [0.3, 0.4) is 0 Å². The molecular weight excluding hydrogens is 266 g/mol. The lowest BCUT2D eigenvalue weighted by molar-refractivity contribution is -0.114. The van der Waals surface area contributed by atoms with Crippen LogP contribution in [0.4, 0.5) is 5.69 Å². The average molecular weight is 285 g/mol. The van der Waals surface area contributed by atoms with Gasteiger partial charge in [-0.1, -0.05) is 42.4 Å². The van der Waals surface area contributed by atoms with Crippen LogP contribution in [0.25, 0.3) is 0 Å². The van der Waals surface area contributed by atoms with Gasteiger partial charge < -0.3 is 5.32 Å². The standard InChI is InChI=1S/C17H19NOS/c1-4-14-7-10-16(18-13(3)19)17(11-14)20-15-8-5-12(2)6-9-15/h5-11H,4H2,1-3H3,(H,18,19). The fourth-order valence-corrected chi connectivity index (χ4v) is 2.86. The fourth-order valence-electron chi connectivity index (χ4n) is 1.90. The van der Waals surface area contributed by atoms with E-state index in [2.05, 4.69) is 55.6 Å². The van der Waals surface area contributed by atoms with Crippen molar-refractivity contribution in [3.05, 3.63) is 53.6 Å². The molecule has 20 heavy (non-hydrogen) atoms. The number of rotatable bonds is 4. The summed E-state index contributed by atoms with van der Waals surface area (Å²) in [7, 11) is 0. The Kier molecular flexibility index (Phi) is 4.85. The minimum Gasteiger partial charge on any atom is -0.325 e. The molecule has 0 fully saturated rings. The summed E-state index contributed by atoms with van der Waals surface area (Å²) in [5, 5.41) is 2.90. The van der Waals surface area contributed by atoms with Gasteiger partial charge in [0.05, 0.1) is 5.69 Å². The van der Waals surface area contributed by atoms with Gasteiger partial charge in [-0.2, -0.15) is 0 Å². The monoisotopic (exact) mass is 285 g/mol. The molecule has 0 heterocycles. The number of anilines is 1. The van der Waals surface area contributed by atoms with Gasteiger partial charge in [0.1, 0.15) is 0 Å².